The highest BCUT2D eigenvalue weighted by Crippen LogP contribution is 2.54. The first-order valence-electron chi connectivity index (χ1n) is 13.5. The number of carbonyl (C=O) groups excluding carboxylic acids is 2. The quantitative estimate of drug-likeness (QED) is 0.284. The molecule has 4 heterocycles. The molecule has 1 spiro atoms. The van der Waals surface area contributed by atoms with Crippen LogP contribution in [0.25, 0.3) is 11.0 Å². The molecule has 0 fully saturated rings. The number of aromatic nitrogens is 2. The first kappa shape index (κ1) is 25.3. The lowest BCUT2D eigenvalue weighted by Gasteiger charge is -2.32. The summed E-state index contributed by atoms with van der Waals surface area (Å²) < 4.78 is 6.23. The number of hydrogen-bond donors (Lipinski definition) is 0. The van der Waals surface area contributed by atoms with Crippen molar-refractivity contribution in [3.8, 4) is 0 Å². The molecule has 0 saturated carbocycles. The average molecular weight is 563 g/mol. The first-order valence-corrected chi connectivity index (χ1v) is 14.3. The van der Waals surface area contributed by atoms with Crippen molar-refractivity contribution in [2.45, 2.75) is 46.2 Å². The number of amides is 2. The summed E-state index contributed by atoms with van der Waals surface area (Å²) >= 11 is 1.23. The van der Waals surface area contributed by atoms with Crippen molar-refractivity contribution >= 4 is 44.9 Å². The second-order valence-electron chi connectivity index (χ2n) is 10.6. The highest BCUT2D eigenvalue weighted by molar-refractivity contribution is 7.15. The zero-order valence-electron chi connectivity index (χ0n) is 23.0. The van der Waals surface area contributed by atoms with Gasteiger partial charge >= 0.3 is 0 Å². The van der Waals surface area contributed by atoms with E-state index in [0.717, 1.165) is 22.3 Å². The van der Waals surface area contributed by atoms with E-state index < -0.39 is 22.8 Å². The number of fused-ring (bicyclic) bond motifs is 5. The SMILES string of the molecule is CCc1nnc(N2C(=O)c3oc4cc(C)c(C)cc4c(=O)c3C23C(=O)N(Cc2ccc(C)cc2)c2ccccc23)s1. The molecule has 0 aliphatic carbocycles. The summed E-state index contributed by atoms with van der Waals surface area (Å²) in [6, 6.07) is 18.8. The van der Waals surface area contributed by atoms with Crippen LogP contribution in [0.2, 0.25) is 0 Å². The van der Waals surface area contributed by atoms with E-state index >= 15 is 0 Å². The van der Waals surface area contributed by atoms with Crippen molar-refractivity contribution in [3.05, 3.63) is 115 Å². The van der Waals surface area contributed by atoms with Gasteiger partial charge in [0.2, 0.25) is 10.9 Å². The lowest BCUT2D eigenvalue weighted by molar-refractivity contribution is -0.121. The highest BCUT2D eigenvalue weighted by atomic mass is 32.1. The van der Waals surface area contributed by atoms with E-state index in [9.17, 15) is 14.4 Å². The maximum atomic E-state index is 14.9. The number of benzene rings is 3. The molecule has 9 heteroatoms. The zero-order valence-corrected chi connectivity index (χ0v) is 23.8. The molecule has 2 aliphatic heterocycles. The molecule has 204 valence electrons. The molecule has 41 heavy (non-hydrogen) atoms. The van der Waals surface area contributed by atoms with Gasteiger partial charge in [-0.05, 0) is 62.1 Å². The number of rotatable bonds is 4. The normalized spacial score (nSPS) is 17.7. The van der Waals surface area contributed by atoms with Gasteiger partial charge in [-0.3, -0.25) is 19.3 Å². The summed E-state index contributed by atoms with van der Waals surface area (Å²) in [7, 11) is 0. The maximum absolute atomic E-state index is 14.9. The summed E-state index contributed by atoms with van der Waals surface area (Å²) in [6.45, 7) is 8.06. The Bertz CT molecular complexity index is 1980. The van der Waals surface area contributed by atoms with Crippen LogP contribution in [0.15, 0.2) is 69.9 Å². The Hall–Kier alpha value is -4.63. The molecule has 2 aliphatic rings. The van der Waals surface area contributed by atoms with Crippen LogP contribution < -0.4 is 15.2 Å². The predicted molar refractivity (Wildman–Crippen MR) is 158 cm³/mol. The molecule has 0 bridgehead atoms. The van der Waals surface area contributed by atoms with Gasteiger partial charge in [0.25, 0.3) is 11.8 Å². The van der Waals surface area contributed by atoms with Gasteiger partial charge in [0.15, 0.2) is 11.0 Å². The van der Waals surface area contributed by atoms with Gasteiger partial charge < -0.3 is 9.32 Å². The van der Waals surface area contributed by atoms with Crippen molar-refractivity contribution in [1.82, 2.24) is 10.2 Å². The fraction of sp³-hybridized carbons (Fsp3) is 0.219. The first-order chi connectivity index (χ1) is 19.7. The fourth-order valence-corrected chi connectivity index (χ4v) is 6.76. The van der Waals surface area contributed by atoms with Gasteiger partial charge in [-0.1, -0.05) is 66.3 Å². The van der Waals surface area contributed by atoms with E-state index in [-0.39, 0.29) is 23.0 Å². The van der Waals surface area contributed by atoms with Crippen molar-refractivity contribution in [3.63, 3.8) is 0 Å². The molecule has 0 radical (unpaired) electrons. The lowest BCUT2D eigenvalue weighted by Crippen LogP contribution is -2.53. The predicted octanol–water partition coefficient (Wildman–Crippen LogP) is 5.58. The monoisotopic (exact) mass is 562 g/mol. The van der Waals surface area contributed by atoms with E-state index in [1.165, 1.54) is 16.2 Å². The molecular weight excluding hydrogens is 536 g/mol. The van der Waals surface area contributed by atoms with Crippen molar-refractivity contribution in [1.29, 1.82) is 0 Å². The number of aryl methyl sites for hydroxylation is 4. The highest BCUT2D eigenvalue weighted by Gasteiger charge is 2.66. The molecule has 1 unspecified atom stereocenters. The molecule has 2 aromatic heterocycles. The van der Waals surface area contributed by atoms with Gasteiger partial charge in [-0.2, -0.15) is 0 Å². The molecule has 2 amide bonds. The van der Waals surface area contributed by atoms with Crippen LogP contribution in [0, 0.1) is 20.8 Å². The van der Waals surface area contributed by atoms with E-state index in [1.54, 1.807) is 17.0 Å². The third-order valence-electron chi connectivity index (χ3n) is 8.15. The number of anilines is 2. The molecule has 3 aromatic carbocycles. The Balaban J connectivity index is 1.55. The van der Waals surface area contributed by atoms with E-state index in [4.69, 9.17) is 4.42 Å². The topological polar surface area (TPSA) is 96.6 Å². The standard InChI is InChI=1S/C32H26N4O4S/c1-5-25-33-34-31(41-25)36-29(38)28-26(27(37)21-14-18(3)19(4)15-24(21)40-28)32(36)22-8-6-7-9-23(22)35(30(32)39)16-20-12-10-17(2)11-13-20/h6-15H,5,16H2,1-4H3. The van der Waals surface area contributed by atoms with Crippen molar-refractivity contribution < 1.29 is 14.0 Å². The van der Waals surface area contributed by atoms with Gasteiger partial charge in [0.05, 0.1) is 23.2 Å². The number of para-hydroxylation sites is 1. The number of carbonyl (C=O) groups is 2. The lowest BCUT2D eigenvalue weighted by atomic mass is 9.84. The molecule has 0 N–H and O–H groups in total. The Labute approximate surface area is 239 Å². The van der Waals surface area contributed by atoms with Crippen LogP contribution in [0.1, 0.15) is 55.9 Å². The van der Waals surface area contributed by atoms with Gasteiger partial charge in [-0.15, -0.1) is 10.2 Å². The number of hydrogen-bond acceptors (Lipinski definition) is 7. The van der Waals surface area contributed by atoms with Gasteiger partial charge in [-0.25, -0.2) is 0 Å². The second kappa shape index (κ2) is 8.94. The van der Waals surface area contributed by atoms with E-state index in [1.807, 2.05) is 76.2 Å². The Kier molecular flexibility index (Phi) is 5.53. The van der Waals surface area contributed by atoms with Crippen LogP contribution in [-0.4, -0.2) is 22.0 Å². The molecule has 7 rings (SSSR count). The Morgan fingerprint density at radius 2 is 1.66 bits per heavy atom. The minimum atomic E-state index is -1.79. The van der Waals surface area contributed by atoms with Gasteiger partial charge in [0.1, 0.15) is 10.6 Å². The van der Waals surface area contributed by atoms with Crippen LogP contribution in [0.5, 0.6) is 0 Å². The van der Waals surface area contributed by atoms with Crippen molar-refractivity contribution in [2.24, 2.45) is 0 Å². The summed E-state index contributed by atoms with van der Waals surface area (Å²) in [5, 5.41) is 9.87. The van der Waals surface area contributed by atoms with E-state index in [0.29, 0.717) is 33.6 Å². The summed E-state index contributed by atoms with van der Waals surface area (Å²) in [6.07, 6.45) is 0.614. The number of nitrogens with zero attached hydrogens (tertiary/aromatic N) is 4. The fourth-order valence-electron chi connectivity index (χ4n) is 5.93. The summed E-state index contributed by atoms with van der Waals surface area (Å²) in [4.78, 5) is 46.7. The Morgan fingerprint density at radius 1 is 0.927 bits per heavy atom. The smallest absolute Gasteiger partial charge is 0.297 e. The second-order valence-corrected chi connectivity index (χ2v) is 11.7. The minimum Gasteiger partial charge on any atom is -0.450 e. The third kappa shape index (κ3) is 3.42. The summed E-state index contributed by atoms with van der Waals surface area (Å²) in [5.41, 5.74) is 3.19. The molecule has 8 nitrogen and oxygen atoms in total. The molecule has 0 saturated heterocycles. The van der Waals surface area contributed by atoms with Crippen LogP contribution in [0.3, 0.4) is 0 Å². The molecular formula is C32H26N4O4S. The third-order valence-corrected chi connectivity index (χ3v) is 9.20. The average Bonchev–Trinajstić information content (AvgIpc) is 3.61. The van der Waals surface area contributed by atoms with E-state index in [2.05, 4.69) is 10.2 Å². The van der Waals surface area contributed by atoms with Gasteiger partial charge in [0, 0.05) is 5.56 Å². The van der Waals surface area contributed by atoms with Crippen LogP contribution >= 0.6 is 11.3 Å². The molecule has 5 aromatic rings. The van der Waals surface area contributed by atoms with Crippen LogP contribution in [0.4, 0.5) is 10.8 Å². The summed E-state index contributed by atoms with van der Waals surface area (Å²) in [5.74, 6) is -1.13. The minimum absolute atomic E-state index is 0.0235. The van der Waals surface area contributed by atoms with Crippen molar-refractivity contribution in [2.75, 3.05) is 9.80 Å². The Morgan fingerprint density at radius 3 is 2.39 bits per heavy atom. The van der Waals surface area contributed by atoms with Crippen LogP contribution in [-0.2, 0) is 23.3 Å². The largest absolute Gasteiger partial charge is 0.450 e. The zero-order chi connectivity index (χ0) is 28.6. The maximum Gasteiger partial charge on any atom is 0.297 e. The molecule has 1 atom stereocenters.